The molecule has 0 spiro atoms. The molecule has 3 fully saturated rings. The lowest BCUT2D eigenvalue weighted by Gasteiger charge is -2.49. The van der Waals surface area contributed by atoms with Crippen LogP contribution in [0.3, 0.4) is 0 Å². The Bertz CT molecular complexity index is 497. The molecule has 1 aromatic heterocycles. The van der Waals surface area contributed by atoms with Gasteiger partial charge in [0, 0.05) is 46.4 Å². The normalized spacial score (nSPS) is 31.5. The summed E-state index contributed by atoms with van der Waals surface area (Å²) in [7, 11) is 0. The first-order valence-electron chi connectivity index (χ1n) is 9.02. The monoisotopic (exact) mass is 382 g/mol. The van der Waals surface area contributed by atoms with Gasteiger partial charge in [0.2, 0.25) is 0 Å². The number of piperazine rings is 1. The third-order valence-electron chi connectivity index (χ3n) is 6.02. The maximum absolute atomic E-state index is 3.62. The van der Waals surface area contributed by atoms with Crippen LogP contribution in [0.2, 0.25) is 0 Å². The van der Waals surface area contributed by atoms with Gasteiger partial charge in [-0.2, -0.15) is 0 Å². The molecule has 2 aliphatic heterocycles. The van der Waals surface area contributed by atoms with Crippen LogP contribution in [0.5, 0.6) is 0 Å². The van der Waals surface area contributed by atoms with Crippen LogP contribution in [-0.2, 0) is 6.54 Å². The maximum atomic E-state index is 3.62. The molecule has 0 aromatic carbocycles. The van der Waals surface area contributed by atoms with Gasteiger partial charge in [0.25, 0.3) is 0 Å². The predicted octanol–water partition coefficient (Wildman–Crippen LogP) is 4.74. The Morgan fingerprint density at radius 1 is 1.05 bits per heavy atom. The fourth-order valence-corrected chi connectivity index (χ4v) is 6.55. The number of fused-ring (bicyclic) bond motifs is 1. The van der Waals surface area contributed by atoms with Gasteiger partial charge in [-0.15, -0.1) is 11.3 Å². The van der Waals surface area contributed by atoms with E-state index in [2.05, 4.69) is 37.2 Å². The van der Waals surface area contributed by atoms with E-state index in [-0.39, 0.29) is 0 Å². The first-order valence-corrected chi connectivity index (χ1v) is 10.7. The van der Waals surface area contributed by atoms with Crippen molar-refractivity contribution in [3.8, 4) is 0 Å². The van der Waals surface area contributed by atoms with Crippen molar-refractivity contribution in [3.63, 3.8) is 0 Å². The molecule has 1 saturated carbocycles. The molecule has 0 radical (unpaired) electrons. The molecule has 2 nitrogen and oxygen atoms in total. The summed E-state index contributed by atoms with van der Waals surface area (Å²) < 4.78 is 1.25. The molecule has 1 aromatic rings. The highest BCUT2D eigenvalue weighted by Crippen LogP contribution is 2.38. The van der Waals surface area contributed by atoms with Crippen molar-refractivity contribution < 1.29 is 0 Å². The third kappa shape index (κ3) is 3.17. The van der Waals surface area contributed by atoms with Gasteiger partial charge in [0.15, 0.2) is 0 Å². The van der Waals surface area contributed by atoms with Crippen molar-refractivity contribution in [1.29, 1.82) is 0 Å². The number of rotatable bonds is 3. The van der Waals surface area contributed by atoms with Gasteiger partial charge in [-0.25, -0.2) is 0 Å². The van der Waals surface area contributed by atoms with Crippen LogP contribution in [0.1, 0.15) is 49.8 Å². The highest BCUT2D eigenvalue weighted by atomic mass is 79.9. The highest BCUT2D eigenvalue weighted by Gasteiger charge is 2.42. The van der Waals surface area contributed by atoms with Crippen molar-refractivity contribution in [2.24, 2.45) is 5.92 Å². The summed E-state index contributed by atoms with van der Waals surface area (Å²) in [4.78, 5) is 7.18. The lowest BCUT2D eigenvalue weighted by atomic mass is 9.78. The van der Waals surface area contributed by atoms with E-state index in [9.17, 15) is 0 Å². The van der Waals surface area contributed by atoms with E-state index in [1.165, 1.54) is 80.5 Å². The van der Waals surface area contributed by atoms with Crippen LogP contribution in [0, 0.1) is 5.92 Å². The van der Waals surface area contributed by atoms with E-state index < -0.39 is 0 Å². The van der Waals surface area contributed by atoms with Crippen molar-refractivity contribution in [2.75, 3.05) is 19.6 Å². The lowest BCUT2D eigenvalue weighted by Crippen LogP contribution is -2.59. The molecule has 4 rings (SSSR count). The summed E-state index contributed by atoms with van der Waals surface area (Å²) in [6.45, 7) is 5.08. The fraction of sp³-hybridized carbons (Fsp3) is 0.778. The SMILES string of the molecule is Brc1csc(CN2CCN3CCCC3C2C2CCCCC2)c1. The van der Waals surface area contributed by atoms with Crippen LogP contribution in [0.4, 0.5) is 0 Å². The summed E-state index contributed by atoms with van der Waals surface area (Å²) in [5, 5.41) is 2.23. The maximum Gasteiger partial charge on any atom is 0.0332 e. The van der Waals surface area contributed by atoms with Crippen molar-refractivity contribution in [1.82, 2.24) is 9.80 Å². The number of hydrogen-bond donors (Lipinski definition) is 0. The Kier molecular flexibility index (Phi) is 4.91. The second-order valence-corrected chi connectivity index (χ2v) is 9.25. The summed E-state index contributed by atoms with van der Waals surface area (Å²) in [6, 6.07) is 3.99. The van der Waals surface area contributed by atoms with Crippen LogP contribution >= 0.6 is 27.3 Å². The van der Waals surface area contributed by atoms with Crippen molar-refractivity contribution in [3.05, 3.63) is 20.8 Å². The van der Waals surface area contributed by atoms with E-state index in [1.54, 1.807) is 0 Å². The smallest absolute Gasteiger partial charge is 0.0332 e. The Morgan fingerprint density at radius 2 is 1.91 bits per heavy atom. The summed E-state index contributed by atoms with van der Waals surface area (Å²) in [5.41, 5.74) is 0. The number of nitrogens with zero attached hydrogens (tertiary/aromatic N) is 2. The van der Waals surface area contributed by atoms with Gasteiger partial charge in [0.05, 0.1) is 0 Å². The molecule has 2 unspecified atom stereocenters. The summed E-state index contributed by atoms with van der Waals surface area (Å²) >= 11 is 5.53. The molecule has 122 valence electrons. The summed E-state index contributed by atoms with van der Waals surface area (Å²) in [5.74, 6) is 0.947. The van der Waals surface area contributed by atoms with Gasteiger partial charge in [-0.05, 0) is 60.1 Å². The minimum Gasteiger partial charge on any atom is -0.298 e. The van der Waals surface area contributed by atoms with E-state index >= 15 is 0 Å². The van der Waals surface area contributed by atoms with Crippen LogP contribution < -0.4 is 0 Å². The van der Waals surface area contributed by atoms with E-state index in [1.807, 2.05) is 11.3 Å². The van der Waals surface area contributed by atoms with Gasteiger partial charge in [-0.3, -0.25) is 9.80 Å². The number of thiophene rings is 1. The number of halogens is 1. The molecule has 0 N–H and O–H groups in total. The minimum absolute atomic E-state index is 0.817. The minimum atomic E-state index is 0.817. The zero-order valence-corrected chi connectivity index (χ0v) is 15.7. The molecule has 2 saturated heterocycles. The first-order chi connectivity index (χ1) is 10.8. The van der Waals surface area contributed by atoms with Crippen LogP contribution in [0.25, 0.3) is 0 Å². The second kappa shape index (κ2) is 6.92. The summed E-state index contributed by atoms with van der Waals surface area (Å²) in [6.07, 6.45) is 10.2. The standard InChI is InChI=1S/C18H27BrN2S/c19-15-11-16(22-13-15)12-21-10-9-20-8-4-7-17(20)18(21)14-5-2-1-3-6-14/h11,13-14,17-18H,1-10,12H2. The van der Waals surface area contributed by atoms with E-state index in [0.717, 1.165) is 18.0 Å². The Labute approximate surface area is 147 Å². The lowest BCUT2D eigenvalue weighted by molar-refractivity contribution is -0.00325. The highest BCUT2D eigenvalue weighted by molar-refractivity contribution is 9.10. The molecule has 3 heterocycles. The van der Waals surface area contributed by atoms with Gasteiger partial charge in [-0.1, -0.05) is 19.3 Å². The van der Waals surface area contributed by atoms with Crippen LogP contribution in [-0.4, -0.2) is 41.5 Å². The Hall–Kier alpha value is 0.1000. The molecular formula is C18H27BrN2S. The van der Waals surface area contributed by atoms with E-state index in [4.69, 9.17) is 0 Å². The van der Waals surface area contributed by atoms with Crippen molar-refractivity contribution >= 4 is 27.3 Å². The molecular weight excluding hydrogens is 356 g/mol. The Morgan fingerprint density at radius 3 is 2.68 bits per heavy atom. The average Bonchev–Trinajstić information content (AvgIpc) is 3.17. The zero-order valence-electron chi connectivity index (χ0n) is 13.3. The molecule has 2 atom stereocenters. The second-order valence-electron chi connectivity index (χ2n) is 7.34. The molecule has 0 amide bonds. The molecule has 22 heavy (non-hydrogen) atoms. The molecule has 1 aliphatic carbocycles. The van der Waals surface area contributed by atoms with Gasteiger partial charge in [0.1, 0.15) is 0 Å². The average molecular weight is 383 g/mol. The van der Waals surface area contributed by atoms with E-state index in [0.29, 0.717) is 0 Å². The first kappa shape index (κ1) is 15.6. The van der Waals surface area contributed by atoms with Gasteiger partial charge >= 0.3 is 0 Å². The molecule has 3 aliphatic rings. The van der Waals surface area contributed by atoms with Crippen LogP contribution in [0.15, 0.2) is 15.9 Å². The topological polar surface area (TPSA) is 6.48 Å². The molecule has 4 heteroatoms. The van der Waals surface area contributed by atoms with Crippen molar-refractivity contribution in [2.45, 2.75) is 63.6 Å². The zero-order chi connectivity index (χ0) is 14.9. The quantitative estimate of drug-likeness (QED) is 0.744. The number of hydrogen-bond acceptors (Lipinski definition) is 3. The Balaban J connectivity index is 1.54. The van der Waals surface area contributed by atoms with Gasteiger partial charge < -0.3 is 0 Å². The molecule has 0 bridgehead atoms. The third-order valence-corrected chi connectivity index (χ3v) is 7.70. The largest absolute Gasteiger partial charge is 0.298 e. The fourth-order valence-electron chi connectivity index (χ4n) is 5.07. The predicted molar refractivity (Wildman–Crippen MR) is 97.4 cm³/mol.